The van der Waals surface area contributed by atoms with E-state index in [1.54, 1.807) is 0 Å². The molecular weight excluding hydrogens is 160 g/mol. The molecule has 0 aromatic heterocycles. The monoisotopic (exact) mass is 173 g/mol. The fraction of sp³-hybridized carbons (Fsp3) is 0.250. The number of hydrogen-bond donors (Lipinski definition) is 0. The molecular formula is C12H13O. The maximum absolute atomic E-state index is 10.3. The van der Waals surface area contributed by atoms with Gasteiger partial charge in [-0.25, -0.2) is 0 Å². The SMILES string of the molecule is CC(=CC(C)[C]=O)c1ccccc1. The van der Waals surface area contributed by atoms with Crippen molar-refractivity contribution >= 4 is 11.9 Å². The quantitative estimate of drug-likeness (QED) is 0.687. The van der Waals surface area contributed by atoms with Gasteiger partial charge in [0.1, 0.15) is 0 Å². The third-order valence-corrected chi connectivity index (χ3v) is 1.92. The van der Waals surface area contributed by atoms with E-state index in [0.29, 0.717) is 0 Å². The van der Waals surface area contributed by atoms with Crippen LogP contribution in [0.4, 0.5) is 0 Å². The molecule has 0 amide bonds. The van der Waals surface area contributed by atoms with Crippen LogP contribution in [0.5, 0.6) is 0 Å². The van der Waals surface area contributed by atoms with E-state index in [0.717, 1.165) is 11.1 Å². The van der Waals surface area contributed by atoms with Gasteiger partial charge in [0.2, 0.25) is 6.29 Å². The maximum Gasteiger partial charge on any atom is 0.205 e. The van der Waals surface area contributed by atoms with Crippen molar-refractivity contribution in [2.75, 3.05) is 0 Å². The Balaban J connectivity index is 2.84. The minimum absolute atomic E-state index is 0.125. The molecule has 0 aliphatic rings. The van der Waals surface area contributed by atoms with Crippen LogP contribution in [0, 0.1) is 5.92 Å². The molecule has 1 atom stereocenters. The van der Waals surface area contributed by atoms with Gasteiger partial charge < -0.3 is 0 Å². The Labute approximate surface area is 79.1 Å². The second kappa shape index (κ2) is 4.61. The van der Waals surface area contributed by atoms with Crippen molar-refractivity contribution in [3.05, 3.63) is 42.0 Å². The van der Waals surface area contributed by atoms with Crippen molar-refractivity contribution in [1.82, 2.24) is 0 Å². The lowest BCUT2D eigenvalue weighted by Gasteiger charge is -2.01. The molecule has 0 saturated heterocycles. The lowest BCUT2D eigenvalue weighted by molar-refractivity contribution is 0.543. The van der Waals surface area contributed by atoms with E-state index in [-0.39, 0.29) is 5.92 Å². The Morgan fingerprint density at radius 2 is 2.00 bits per heavy atom. The topological polar surface area (TPSA) is 17.1 Å². The average molecular weight is 173 g/mol. The Bertz CT molecular complexity index is 298. The van der Waals surface area contributed by atoms with Crippen LogP contribution in [0.1, 0.15) is 19.4 Å². The fourth-order valence-corrected chi connectivity index (χ4v) is 1.21. The van der Waals surface area contributed by atoms with Crippen molar-refractivity contribution in [3.8, 4) is 0 Å². The number of benzene rings is 1. The summed E-state index contributed by atoms with van der Waals surface area (Å²) in [6.45, 7) is 3.84. The molecule has 1 aromatic carbocycles. The molecule has 1 aromatic rings. The van der Waals surface area contributed by atoms with Crippen LogP contribution in [0.15, 0.2) is 36.4 Å². The van der Waals surface area contributed by atoms with Crippen LogP contribution in [-0.4, -0.2) is 6.29 Å². The van der Waals surface area contributed by atoms with E-state index in [1.807, 2.05) is 56.5 Å². The zero-order chi connectivity index (χ0) is 9.68. The van der Waals surface area contributed by atoms with E-state index in [2.05, 4.69) is 0 Å². The van der Waals surface area contributed by atoms with E-state index < -0.39 is 0 Å². The number of carbonyl (C=O) groups excluding carboxylic acids is 1. The van der Waals surface area contributed by atoms with E-state index in [4.69, 9.17) is 0 Å². The van der Waals surface area contributed by atoms with Crippen LogP contribution in [0.2, 0.25) is 0 Å². The van der Waals surface area contributed by atoms with E-state index in [1.165, 1.54) is 0 Å². The van der Waals surface area contributed by atoms with Gasteiger partial charge >= 0.3 is 0 Å². The number of rotatable bonds is 3. The fourth-order valence-electron chi connectivity index (χ4n) is 1.21. The second-order valence-corrected chi connectivity index (χ2v) is 3.12. The molecule has 0 saturated carbocycles. The molecule has 0 spiro atoms. The van der Waals surface area contributed by atoms with Gasteiger partial charge in [-0.2, -0.15) is 0 Å². The van der Waals surface area contributed by atoms with Gasteiger partial charge in [0.25, 0.3) is 0 Å². The predicted molar refractivity (Wildman–Crippen MR) is 55.0 cm³/mol. The first-order valence-electron chi connectivity index (χ1n) is 4.35. The number of allylic oxidation sites excluding steroid dienone is 2. The van der Waals surface area contributed by atoms with E-state index in [9.17, 15) is 4.79 Å². The van der Waals surface area contributed by atoms with Crippen LogP contribution in [0.25, 0.3) is 5.57 Å². The predicted octanol–water partition coefficient (Wildman–Crippen LogP) is 2.84. The third kappa shape index (κ3) is 2.86. The Hall–Kier alpha value is -1.37. The van der Waals surface area contributed by atoms with Crippen LogP contribution >= 0.6 is 0 Å². The van der Waals surface area contributed by atoms with Gasteiger partial charge in [0, 0.05) is 5.92 Å². The molecule has 0 aliphatic heterocycles. The molecule has 0 heterocycles. The summed E-state index contributed by atoms with van der Waals surface area (Å²) in [6.07, 6.45) is 3.86. The highest BCUT2D eigenvalue weighted by atomic mass is 16.1. The largest absolute Gasteiger partial charge is 0.290 e. The summed E-state index contributed by atoms with van der Waals surface area (Å²) in [5, 5.41) is 0. The normalized spacial score (nSPS) is 13.8. The molecule has 13 heavy (non-hydrogen) atoms. The standard InChI is InChI=1S/C12H13O/c1-10(9-13)8-11(2)12-6-4-3-5-7-12/h3-8,10H,1-2H3. The van der Waals surface area contributed by atoms with Crippen LogP contribution in [-0.2, 0) is 4.79 Å². The summed E-state index contributed by atoms with van der Waals surface area (Å²) in [4.78, 5) is 10.3. The molecule has 0 aliphatic carbocycles. The van der Waals surface area contributed by atoms with Crippen molar-refractivity contribution in [2.45, 2.75) is 13.8 Å². The Morgan fingerprint density at radius 3 is 2.54 bits per heavy atom. The minimum atomic E-state index is -0.125. The first kappa shape index (κ1) is 9.72. The van der Waals surface area contributed by atoms with Gasteiger partial charge in [0.15, 0.2) is 0 Å². The maximum atomic E-state index is 10.3. The summed E-state index contributed by atoms with van der Waals surface area (Å²) in [6, 6.07) is 10.0. The van der Waals surface area contributed by atoms with Crippen molar-refractivity contribution < 1.29 is 4.79 Å². The molecule has 0 bridgehead atoms. The Kier molecular flexibility index (Phi) is 3.44. The molecule has 0 fully saturated rings. The third-order valence-electron chi connectivity index (χ3n) is 1.92. The highest BCUT2D eigenvalue weighted by Gasteiger charge is 1.98. The first-order chi connectivity index (χ1) is 6.24. The summed E-state index contributed by atoms with van der Waals surface area (Å²) in [5.74, 6) is -0.125. The summed E-state index contributed by atoms with van der Waals surface area (Å²) in [7, 11) is 0. The smallest absolute Gasteiger partial charge is 0.205 e. The van der Waals surface area contributed by atoms with Gasteiger partial charge in [-0.05, 0) is 18.1 Å². The molecule has 1 unspecified atom stereocenters. The summed E-state index contributed by atoms with van der Waals surface area (Å²) < 4.78 is 0. The van der Waals surface area contributed by atoms with Gasteiger partial charge in [-0.1, -0.05) is 43.3 Å². The second-order valence-electron chi connectivity index (χ2n) is 3.12. The highest BCUT2D eigenvalue weighted by molar-refractivity contribution is 5.68. The molecule has 67 valence electrons. The summed E-state index contributed by atoms with van der Waals surface area (Å²) >= 11 is 0. The molecule has 0 N–H and O–H groups in total. The van der Waals surface area contributed by atoms with Crippen molar-refractivity contribution in [3.63, 3.8) is 0 Å². The average Bonchev–Trinajstić information content (AvgIpc) is 2.19. The molecule has 1 rings (SSSR count). The molecule has 1 nitrogen and oxygen atoms in total. The lowest BCUT2D eigenvalue weighted by atomic mass is 10.0. The van der Waals surface area contributed by atoms with E-state index >= 15 is 0 Å². The highest BCUT2D eigenvalue weighted by Crippen LogP contribution is 2.14. The zero-order valence-electron chi connectivity index (χ0n) is 7.95. The van der Waals surface area contributed by atoms with Crippen molar-refractivity contribution in [2.24, 2.45) is 5.92 Å². The lowest BCUT2D eigenvalue weighted by Crippen LogP contribution is -1.91. The minimum Gasteiger partial charge on any atom is -0.290 e. The number of hydrogen-bond acceptors (Lipinski definition) is 1. The van der Waals surface area contributed by atoms with Crippen LogP contribution < -0.4 is 0 Å². The van der Waals surface area contributed by atoms with Gasteiger partial charge in [-0.15, -0.1) is 0 Å². The van der Waals surface area contributed by atoms with Gasteiger partial charge in [0.05, 0.1) is 0 Å². The van der Waals surface area contributed by atoms with Gasteiger partial charge in [-0.3, -0.25) is 4.79 Å². The summed E-state index contributed by atoms with van der Waals surface area (Å²) in [5.41, 5.74) is 2.28. The molecule has 1 radical (unpaired) electrons. The Morgan fingerprint density at radius 1 is 1.38 bits per heavy atom. The first-order valence-corrected chi connectivity index (χ1v) is 4.35. The van der Waals surface area contributed by atoms with Crippen molar-refractivity contribution in [1.29, 1.82) is 0 Å². The zero-order valence-corrected chi connectivity index (χ0v) is 7.95. The molecule has 1 heteroatoms. The van der Waals surface area contributed by atoms with Crippen LogP contribution in [0.3, 0.4) is 0 Å².